The van der Waals surface area contributed by atoms with Crippen LogP contribution in [0.15, 0.2) is 36.7 Å². The molecule has 0 atom stereocenters. The van der Waals surface area contributed by atoms with Crippen molar-refractivity contribution in [2.24, 2.45) is 5.92 Å². The van der Waals surface area contributed by atoms with Crippen molar-refractivity contribution >= 4 is 23.2 Å². The van der Waals surface area contributed by atoms with Gasteiger partial charge in [0.1, 0.15) is 0 Å². The Labute approximate surface area is 156 Å². The summed E-state index contributed by atoms with van der Waals surface area (Å²) in [5, 5.41) is 6.04. The maximum absolute atomic E-state index is 12.3. The third-order valence-corrected chi connectivity index (χ3v) is 4.17. The molecule has 2 aromatic rings. The zero-order valence-electron chi connectivity index (χ0n) is 16.1. The van der Waals surface area contributed by atoms with E-state index in [9.17, 15) is 4.79 Å². The van der Waals surface area contributed by atoms with E-state index in [0.717, 1.165) is 37.4 Å². The van der Waals surface area contributed by atoms with Crippen molar-refractivity contribution in [2.45, 2.75) is 34.1 Å². The molecule has 0 radical (unpaired) electrons. The first-order valence-corrected chi connectivity index (χ1v) is 9.25. The molecule has 1 heterocycles. The molecule has 2 rings (SSSR count). The van der Waals surface area contributed by atoms with Gasteiger partial charge in [0.2, 0.25) is 5.95 Å². The monoisotopic (exact) mass is 355 g/mol. The molecule has 6 nitrogen and oxygen atoms in total. The third-order valence-electron chi connectivity index (χ3n) is 4.17. The minimum absolute atomic E-state index is 0.214. The van der Waals surface area contributed by atoms with Crippen molar-refractivity contribution < 1.29 is 4.79 Å². The quantitative estimate of drug-likeness (QED) is 0.710. The van der Waals surface area contributed by atoms with Gasteiger partial charge < -0.3 is 15.5 Å². The van der Waals surface area contributed by atoms with Crippen LogP contribution in [0.1, 0.15) is 44.5 Å². The summed E-state index contributed by atoms with van der Waals surface area (Å²) in [7, 11) is 0. The molecule has 0 aliphatic rings. The lowest BCUT2D eigenvalue weighted by atomic mass is 10.1. The highest BCUT2D eigenvalue weighted by Gasteiger charge is 2.09. The second-order valence-corrected chi connectivity index (χ2v) is 6.58. The fourth-order valence-electron chi connectivity index (χ4n) is 2.56. The molecule has 140 valence electrons. The summed E-state index contributed by atoms with van der Waals surface area (Å²) in [6.07, 6.45) is 4.14. The van der Waals surface area contributed by atoms with Gasteiger partial charge in [-0.15, -0.1) is 0 Å². The highest BCUT2D eigenvalue weighted by molar-refractivity contribution is 6.03. The number of carbonyl (C=O) groups excluding carboxylic acids is 1. The number of aromatic nitrogens is 2. The standard InChI is InChI=1S/C20H29N5O/c1-5-25(6-2)18-9-7-17(8-10-18)24-19(26)16-13-22-20(23-14-16)21-12-11-15(3)4/h7-10,13-15H,5-6,11-12H2,1-4H3,(H,24,26)(H,21,22,23). The van der Waals surface area contributed by atoms with E-state index in [1.807, 2.05) is 24.3 Å². The lowest BCUT2D eigenvalue weighted by Gasteiger charge is -2.21. The first-order chi connectivity index (χ1) is 12.5. The Morgan fingerprint density at radius 1 is 1.08 bits per heavy atom. The molecule has 1 amide bonds. The van der Waals surface area contributed by atoms with Gasteiger partial charge in [-0.25, -0.2) is 9.97 Å². The number of benzene rings is 1. The molecule has 2 N–H and O–H groups in total. The summed E-state index contributed by atoms with van der Waals surface area (Å²) >= 11 is 0. The highest BCUT2D eigenvalue weighted by Crippen LogP contribution is 2.18. The first kappa shape index (κ1) is 19.7. The molecule has 1 aromatic heterocycles. The molecule has 1 aromatic carbocycles. The minimum Gasteiger partial charge on any atom is -0.372 e. The number of rotatable bonds is 9. The second-order valence-electron chi connectivity index (χ2n) is 6.58. The maximum atomic E-state index is 12.3. The largest absolute Gasteiger partial charge is 0.372 e. The fraction of sp³-hybridized carbons (Fsp3) is 0.450. The smallest absolute Gasteiger partial charge is 0.258 e. The average molecular weight is 355 g/mol. The van der Waals surface area contributed by atoms with Gasteiger partial charge in [-0.1, -0.05) is 13.8 Å². The van der Waals surface area contributed by atoms with Crippen LogP contribution in [0.4, 0.5) is 17.3 Å². The molecule has 26 heavy (non-hydrogen) atoms. The van der Waals surface area contributed by atoms with Crippen molar-refractivity contribution in [2.75, 3.05) is 35.2 Å². The van der Waals surface area contributed by atoms with Gasteiger partial charge in [0.25, 0.3) is 5.91 Å². The molecule has 0 bridgehead atoms. The number of amides is 1. The Morgan fingerprint density at radius 2 is 1.69 bits per heavy atom. The molecule has 0 spiro atoms. The van der Waals surface area contributed by atoms with Crippen LogP contribution in [0.3, 0.4) is 0 Å². The Kier molecular flexibility index (Phi) is 7.38. The molecule has 0 aliphatic carbocycles. The summed E-state index contributed by atoms with van der Waals surface area (Å²) in [5.41, 5.74) is 2.34. The number of hydrogen-bond acceptors (Lipinski definition) is 5. The second kappa shape index (κ2) is 9.75. The van der Waals surface area contributed by atoms with Gasteiger partial charge in [-0.05, 0) is 50.5 Å². The van der Waals surface area contributed by atoms with Crippen LogP contribution < -0.4 is 15.5 Å². The van der Waals surface area contributed by atoms with E-state index < -0.39 is 0 Å². The van der Waals surface area contributed by atoms with E-state index in [1.165, 1.54) is 0 Å². The van der Waals surface area contributed by atoms with Crippen molar-refractivity contribution in [1.29, 1.82) is 0 Å². The van der Waals surface area contributed by atoms with Gasteiger partial charge in [-0.2, -0.15) is 0 Å². The van der Waals surface area contributed by atoms with Gasteiger partial charge >= 0.3 is 0 Å². The predicted octanol–water partition coefficient (Wildman–Crippen LogP) is 4.03. The third kappa shape index (κ3) is 5.72. The molecular formula is C20H29N5O. The number of hydrogen-bond donors (Lipinski definition) is 2. The van der Waals surface area contributed by atoms with E-state index in [2.05, 4.69) is 53.2 Å². The summed E-state index contributed by atoms with van der Waals surface area (Å²) in [6, 6.07) is 7.85. The molecule has 0 saturated carbocycles. The molecular weight excluding hydrogens is 326 g/mol. The molecule has 0 fully saturated rings. The van der Waals surface area contributed by atoms with Crippen molar-refractivity contribution in [1.82, 2.24) is 9.97 Å². The van der Waals surface area contributed by atoms with Crippen molar-refractivity contribution in [3.63, 3.8) is 0 Å². The van der Waals surface area contributed by atoms with E-state index in [4.69, 9.17) is 0 Å². The van der Waals surface area contributed by atoms with Crippen LogP contribution in [0.25, 0.3) is 0 Å². The van der Waals surface area contributed by atoms with Gasteiger partial charge in [0, 0.05) is 43.4 Å². The van der Waals surface area contributed by atoms with E-state index in [-0.39, 0.29) is 5.91 Å². The van der Waals surface area contributed by atoms with Crippen LogP contribution in [0.2, 0.25) is 0 Å². The summed E-state index contributed by atoms with van der Waals surface area (Å²) in [6.45, 7) is 11.3. The van der Waals surface area contributed by atoms with E-state index in [1.54, 1.807) is 12.4 Å². The van der Waals surface area contributed by atoms with Crippen molar-refractivity contribution in [3.05, 3.63) is 42.2 Å². The molecule has 6 heteroatoms. The molecule has 0 aliphatic heterocycles. The van der Waals surface area contributed by atoms with Crippen LogP contribution in [0, 0.1) is 5.92 Å². The van der Waals surface area contributed by atoms with Crippen LogP contribution >= 0.6 is 0 Å². The SMILES string of the molecule is CCN(CC)c1ccc(NC(=O)c2cnc(NCCC(C)C)nc2)cc1. The van der Waals surface area contributed by atoms with Crippen LogP contribution in [0.5, 0.6) is 0 Å². The van der Waals surface area contributed by atoms with Crippen molar-refractivity contribution in [3.8, 4) is 0 Å². The van der Waals surface area contributed by atoms with Crippen LogP contribution in [-0.4, -0.2) is 35.5 Å². The van der Waals surface area contributed by atoms with Crippen LogP contribution in [-0.2, 0) is 0 Å². The predicted molar refractivity (Wildman–Crippen MR) is 108 cm³/mol. The fourth-order valence-corrected chi connectivity index (χ4v) is 2.56. The lowest BCUT2D eigenvalue weighted by molar-refractivity contribution is 0.102. The average Bonchev–Trinajstić information content (AvgIpc) is 2.64. The lowest BCUT2D eigenvalue weighted by Crippen LogP contribution is -2.21. The zero-order valence-corrected chi connectivity index (χ0v) is 16.1. The zero-order chi connectivity index (χ0) is 18.9. The number of anilines is 3. The molecule has 0 saturated heterocycles. The van der Waals surface area contributed by atoms with E-state index >= 15 is 0 Å². The Morgan fingerprint density at radius 3 is 2.23 bits per heavy atom. The Hall–Kier alpha value is -2.63. The number of carbonyl (C=O) groups is 1. The maximum Gasteiger partial charge on any atom is 0.258 e. The summed E-state index contributed by atoms with van der Waals surface area (Å²) < 4.78 is 0. The minimum atomic E-state index is -0.214. The normalized spacial score (nSPS) is 10.7. The summed E-state index contributed by atoms with van der Waals surface area (Å²) in [5.74, 6) is 0.959. The molecule has 0 unspecified atom stereocenters. The highest BCUT2D eigenvalue weighted by atomic mass is 16.1. The van der Waals surface area contributed by atoms with E-state index in [0.29, 0.717) is 17.4 Å². The number of nitrogens with one attached hydrogen (secondary N) is 2. The summed E-state index contributed by atoms with van der Waals surface area (Å²) in [4.78, 5) is 23.0. The van der Waals surface area contributed by atoms with Gasteiger partial charge in [-0.3, -0.25) is 4.79 Å². The van der Waals surface area contributed by atoms with Gasteiger partial charge in [0.15, 0.2) is 0 Å². The Balaban J connectivity index is 1.92. The Bertz CT molecular complexity index is 678. The van der Waals surface area contributed by atoms with Gasteiger partial charge in [0.05, 0.1) is 5.56 Å². The first-order valence-electron chi connectivity index (χ1n) is 9.25. The topological polar surface area (TPSA) is 70.2 Å². The number of nitrogens with zero attached hydrogens (tertiary/aromatic N) is 3.